The summed E-state index contributed by atoms with van der Waals surface area (Å²) in [5.74, 6) is 0.725. The molecule has 0 aliphatic carbocycles. The van der Waals surface area contributed by atoms with Crippen LogP contribution >= 0.6 is 0 Å². The van der Waals surface area contributed by atoms with Gasteiger partial charge in [0.2, 0.25) is 0 Å². The predicted molar refractivity (Wildman–Crippen MR) is 120 cm³/mol. The molecule has 4 heteroatoms. The quantitative estimate of drug-likeness (QED) is 0.638. The molecule has 0 radical (unpaired) electrons. The third-order valence-electron chi connectivity index (χ3n) is 5.85. The lowest BCUT2D eigenvalue weighted by molar-refractivity contribution is 0.0950. The molecular formula is C26H29N3O. The molecule has 1 aromatic heterocycles. The first-order valence-electron chi connectivity index (χ1n) is 10.8. The second-order valence-electron chi connectivity index (χ2n) is 8.11. The summed E-state index contributed by atoms with van der Waals surface area (Å²) in [5, 5.41) is 2.93. The Labute approximate surface area is 179 Å². The van der Waals surface area contributed by atoms with Crippen LogP contribution in [0.15, 0.2) is 79.0 Å². The summed E-state index contributed by atoms with van der Waals surface area (Å²) in [7, 11) is 0. The van der Waals surface area contributed by atoms with Gasteiger partial charge in [-0.3, -0.25) is 14.7 Å². The first-order valence-corrected chi connectivity index (χ1v) is 10.8. The highest BCUT2D eigenvalue weighted by Crippen LogP contribution is 2.23. The van der Waals surface area contributed by atoms with Crippen molar-refractivity contribution >= 4 is 5.91 Å². The van der Waals surface area contributed by atoms with E-state index in [1.807, 2.05) is 30.3 Å². The fraction of sp³-hybridized carbons (Fsp3) is 0.308. The molecule has 0 spiro atoms. The topological polar surface area (TPSA) is 45.2 Å². The average molecular weight is 400 g/mol. The summed E-state index contributed by atoms with van der Waals surface area (Å²) in [6, 6.07) is 24.5. The smallest absolute Gasteiger partial charge is 0.251 e. The number of benzene rings is 2. The van der Waals surface area contributed by atoms with Crippen LogP contribution in [0.3, 0.4) is 0 Å². The Morgan fingerprint density at radius 3 is 2.33 bits per heavy atom. The molecule has 1 N–H and O–H groups in total. The Kier molecular flexibility index (Phi) is 6.88. The van der Waals surface area contributed by atoms with Crippen LogP contribution in [-0.2, 0) is 19.5 Å². The summed E-state index contributed by atoms with van der Waals surface area (Å²) in [6.45, 7) is 3.68. The van der Waals surface area contributed by atoms with Gasteiger partial charge in [-0.25, -0.2) is 0 Å². The third-order valence-corrected chi connectivity index (χ3v) is 5.85. The number of aromatic nitrogens is 1. The maximum atomic E-state index is 12.4. The lowest BCUT2D eigenvalue weighted by atomic mass is 9.90. The van der Waals surface area contributed by atoms with Crippen molar-refractivity contribution in [3.63, 3.8) is 0 Å². The van der Waals surface area contributed by atoms with Gasteiger partial charge in [-0.15, -0.1) is 0 Å². The summed E-state index contributed by atoms with van der Waals surface area (Å²) in [6.07, 6.45) is 5.43. The number of rotatable bonds is 7. The van der Waals surface area contributed by atoms with Gasteiger partial charge < -0.3 is 5.32 Å². The highest BCUT2D eigenvalue weighted by molar-refractivity contribution is 5.94. The molecule has 0 bridgehead atoms. The Hall–Kier alpha value is -2.98. The minimum atomic E-state index is -0.0612. The number of likely N-dealkylation sites (tertiary alicyclic amines) is 1. The molecule has 3 aromatic rings. The zero-order valence-electron chi connectivity index (χ0n) is 17.3. The van der Waals surface area contributed by atoms with Gasteiger partial charge in [0.25, 0.3) is 5.91 Å². The largest absolute Gasteiger partial charge is 0.346 e. The zero-order valence-corrected chi connectivity index (χ0v) is 17.3. The Morgan fingerprint density at radius 1 is 0.900 bits per heavy atom. The second-order valence-corrected chi connectivity index (χ2v) is 8.11. The van der Waals surface area contributed by atoms with Gasteiger partial charge in [0.15, 0.2) is 0 Å². The Balaban J connectivity index is 1.22. The monoisotopic (exact) mass is 399 g/mol. The molecule has 0 saturated carbocycles. The zero-order chi connectivity index (χ0) is 20.6. The number of carbonyl (C=O) groups excluding carboxylic acids is 1. The fourth-order valence-electron chi connectivity index (χ4n) is 4.09. The highest BCUT2D eigenvalue weighted by atomic mass is 16.1. The van der Waals surface area contributed by atoms with E-state index in [2.05, 4.69) is 57.7 Å². The van der Waals surface area contributed by atoms with E-state index in [0.29, 0.717) is 12.1 Å². The fourth-order valence-corrected chi connectivity index (χ4v) is 4.09. The molecule has 1 saturated heterocycles. The van der Waals surface area contributed by atoms with Crippen molar-refractivity contribution in [1.29, 1.82) is 0 Å². The number of amides is 1. The molecule has 30 heavy (non-hydrogen) atoms. The van der Waals surface area contributed by atoms with Crippen LogP contribution in [0.2, 0.25) is 0 Å². The number of hydrogen-bond donors (Lipinski definition) is 1. The molecule has 154 valence electrons. The maximum absolute atomic E-state index is 12.4. The van der Waals surface area contributed by atoms with E-state index < -0.39 is 0 Å². The van der Waals surface area contributed by atoms with Crippen molar-refractivity contribution in [1.82, 2.24) is 15.2 Å². The van der Waals surface area contributed by atoms with Gasteiger partial charge >= 0.3 is 0 Å². The van der Waals surface area contributed by atoms with Crippen LogP contribution in [0.1, 0.15) is 40.0 Å². The first kappa shape index (κ1) is 20.3. The van der Waals surface area contributed by atoms with E-state index in [9.17, 15) is 4.79 Å². The van der Waals surface area contributed by atoms with Crippen molar-refractivity contribution < 1.29 is 4.79 Å². The van der Waals surface area contributed by atoms with Crippen molar-refractivity contribution in [3.8, 4) is 0 Å². The molecule has 0 atom stereocenters. The van der Waals surface area contributed by atoms with Crippen LogP contribution in [-0.4, -0.2) is 28.9 Å². The van der Waals surface area contributed by atoms with Crippen LogP contribution in [0, 0.1) is 5.92 Å². The lowest BCUT2D eigenvalue weighted by Gasteiger charge is -2.32. The molecule has 4 rings (SSSR count). The number of nitrogens with zero attached hydrogens (tertiary/aromatic N) is 2. The van der Waals surface area contributed by atoms with Crippen molar-refractivity contribution in [2.75, 3.05) is 13.1 Å². The number of piperidine rings is 1. The number of nitrogens with one attached hydrogen (secondary N) is 1. The molecule has 2 heterocycles. The highest BCUT2D eigenvalue weighted by Gasteiger charge is 2.19. The summed E-state index contributed by atoms with van der Waals surface area (Å²) in [4.78, 5) is 19.1. The van der Waals surface area contributed by atoms with Gasteiger partial charge in [-0.2, -0.15) is 0 Å². The van der Waals surface area contributed by atoms with Gasteiger partial charge in [-0.1, -0.05) is 48.5 Å². The number of hydrogen-bond acceptors (Lipinski definition) is 3. The second kappa shape index (κ2) is 10.2. The first-order chi connectivity index (χ1) is 14.8. The molecule has 1 amide bonds. The lowest BCUT2D eigenvalue weighted by Crippen LogP contribution is -2.33. The van der Waals surface area contributed by atoms with E-state index in [4.69, 9.17) is 0 Å². The van der Waals surface area contributed by atoms with E-state index in [0.717, 1.165) is 31.2 Å². The normalized spacial score (nSPS) is 15.1. The minimum absolute atomic E-state index is 0.0612. The van der Waals surface area contributed by atoms with E-state index in [1.54, 1.807) is 6.20 Å². The van der Waals surface area contributed by atoms with Crippen molar-refractivity contribution in [2.45, 2.75) is 32.4 Å². The SMILES string of the molecule is O=C(NCc1ccccn1)c1ccc(CN2CCC(Cc3ccccc3)CC2)cc1. The average Bonchev–Trinajstić information content (AvgIpc) is 2.81. The molecule has 1 aliphatic heterocycles. The molecule has 1 fully saturated rings. The van der Waals surface area contributed by atoms with Gasteiger partial charge in [0, 0.05) is 18.3 Å². The third kappa shape index (κ3) is 5.77. The van der Waals surface area contributed by atoms with Crippen LogP contribution in [0.5, 0.6) is 0 Å². The maximum Gasteiger partial charge on any atom is 0.251 e. The molecule has 1 aliphatic rings. The Morgan fingerprint density at radius 2 is 1.63 bits per heavy atom. The standard InChI is InChI=1S/C26H29N3O/c30-26(28-19-25-8-4-5-15-27-25)24-11-9-23(10-12-24)20-29-16-13-22(14-17-29)18-21-6-2-1-3-7-21/h1-12,15,22H,13-14,16-20H2,(H,28,30). The number of pyridine rings is 1. The van der Waals surface area contributed by atoms with Crippen molar-refractivity contribution in [3.05, 3.63) is 101 Å². The van der Waals surface area contributed by atoms with E-state index >= 15 is 0 Å². The van der Waals surface area contributed by atoms with E-state index in [1.165, 1.54) is 30.4 Å². The van der Waals surface area contributed by atoms with Gasteiger partial charge in [-0.05, 0) is 73.7 Å². The summed E-state index contributed by atoms with van der Waals surface area (Å²) < 4.78 is 0. The van der Waals surface area contributed by atoms with E-state index in [-0.39, 0.29) is 5.91 Å². The van der Waals surface area contributed by atoms with Crippen LogP contribution in [0.4, 0.5) is 0 Å². The molecule has 0 unspecified atom stereocenters. The molecular weight excluding hydrogens is 370 g/mol. The molecule has 2 aromatic carbocycles. The predicted octanol–water partition coefficient (Wildman–Crippen LogP) is 4.47. The van der Waals surface area contributed by atoms with Crippen molar-refractivity contribution in [2.24, 2.45) is 5.92 Å². The Bertz CT molecular complexity index is 918. The summed E-state index contributed by atoms with van der Waals surface area (Å²) >= 11 is 0. The van der Waals surface area contributed by atoms with Crippen LogP contribution < -0.4 is 5.32 Å². The number of carbonyl (C=O) groups is 1. The van der Waals surface area contributed by atoms with Crippen LogP contribution in [0.25, 0.3) is 0 Å². The van der Waals surface area contributed by atoms with Gasteiger partial charge in [0.1, 0.15) is 0 Å². The summed E-state index contributed by atoms with van der Waals surface area (Å²) in [5.41, 5.74) is 4.26. The minimum Gasteiger partial charge on any atom is -0.346 e. The van der Waals surface area contributed by atoms with Gasteiger partial charge in [0.05, 0.1) is 12.2 Å². The molecule has 4 nitrogen and oxygen atoms in total.